The number of ether oxygens (including phenoxy) is 1. The number of esters is 1. The van der Waals surface area contributed by atoms with Gasteiger partial charge in [-0.1, -0.05) is 12.1 Å². The Hall–Kier alpha value is -3.81. The van der Waals surface area contributed by atoms with Gasteiger partial charge in [0.15, 0.2) is 0 Å². The summed E-state index contributed by atoms with van der Waals surface area (Å²) in [4.78, 5) is 32.5. The van der Waals surface area contributed by atoms with Gasteiger partial charge in [0.25, 0.3) is 5.69 Å². The van der Waals surface area contributed by atoms with Crippen molar-refractivity contribution in [3.05, 3.63) is 74.6 Å². The molecule has 0 amide bonds. The van der Waals surface area contributed by atoms with E-state index in [1.807, 2.05) is 40.7 Å². The van der Waals surface area contributed by atoms with E-state index in [1.165, 1.54) is 5.57 Å². The Balaban J connectivity index is 1.68. The third kappa shape index (κ3) is 5.37. The second-order valence-electron chi connectivity index (χ2n) is 9.49. The van der Waals surface area contributed by atoms with Crippen LogP contribution in [-0.4, -0.2) is 27.5 Å². The lowest BCUT2D eigenvalue weighted by molar-refractivity contribution is -0.385. The van der Waals surface area contributed by atoms with Gasteiger partial charge >= 0.3 is 5.97 Å². The molecule has 0 spiro atoms. The number of nitrogens with zero attached hydrogens (tertiary/aromatic N) is 3. The number of hydrogen-bond donors (Lipinski definition) is 1. The van der Waals surface area contributed by atoms with Crippen molar-refractivity contribution in [1.29, 1.82) is 0 Å². The molecule has 1 aliphatic rings. The zero-order chi connectivity index (χ0) is 26.0. The normalized spacial score (nSPS) is 16.4. The number of fused-ring (bicyclic) bond motifs is 1. The molecule has 2 aromatic carbocycles. The average molecular weight is 489 g/mol. The number of nitrogens with one attached hydrogen (secondary N) is 1. The van der Waals surface area contributed by atoms with Crippen molar-refractivity contribution >= 4 is 34.0 Å². The molecule has 4 rings (SSSR count). The van der Waals surface area contributed by atoms with Crippen molar-refractivity contribution in [2.24, 2.45) is 5.92 Å². The minimum atomic E-state index is -0.368. The van der Waals surface area contributed by atoms with Gasteiger partial charge in [-0.05, 0) is 93.8 Å². The number of carbonyl (C=O) groups excluding carboxylic acids is 1. The van der Waals surface area contributed by atoms with Crippen LogP contribution in [0, 0.1) is 36.8 Å². The largest absolute Gasteiger partial charge is 0.466 e. The number of benzene rings is 2. The van der Waals surface area contributed by atoms with E-state index in [1.54, 1.807) is 12.1 Å². The molecule has 8 heteroatoms. The van der Waals surface area contributed by atoms with E-state index in [0.717, 1.165) is 46.0 Å². The Bertz CT molecular complexity index is 1370. The first kappa shape index (κ1) is 25.3. The summed E-state index contributed by atoms with van der Waals surface area (Å²) in [6.07, 6.45) is 4.37. The van der Waals surface area contributed by atoms with Gasteiger partial charge in [-0.15, -0.1) is 0 Å². The highest BCUT2D eigenvalue weighted by Crippen LogP contribution is 2.35. The van der Waals surface area contributed by atoms with Gasteiger partial charge < -0.3 is 10.1 Å². The summed E-state index contributed by atoms with van der Waals surface area (Å²) in [5, 5.41) is 15.7. The van der Waals surface area contributed by atoms with E-state index in [-0.39, 0.29) is 28.5 Å². The summed E-state index contributed by atoms with van der Waals surface area (Å²) in [5.74, 6) is 1.14. The Morgan fingerprint density at radius 2 is 1.97 bits per heavy atom. The van der Waals surface area contributed by atoms with Crippen LogP contribution in [0.2, 0.25) is 0 Å². The molecular formula is C28H32N4O4. The lowest BCUT2D eigenvalue weighted by atomic mass is 9.86. The average Bonchev–Trinajstić information content (AvgIpc) is 2.84. The predicted molar refractivity (Wildman–Crippen MR) is 141 cm³/mol. The summed E-state index contributed by atoms with van der Waals surface area (Å²) >= 11 is 0. The maximum absolute atomic E-state index is 12.1. The van der Waals surface area contributed by atoms with Gasteiger partial charge in [0.05, 0.1) is 29.0 Å². The second-order valence-corrected chi connectivity index (χ2v) is 9.49. The fraction of sp³-hybridized carbons (Fsp3) is 0.393. The Morgan fingerprint density at radius 1 is 1.19 bits per heavy atom. The first-order chi connectivity index (χ1) is 17.2. The third-order valence-corrected chi connectivity index (χ3v) is 6.65. The number of non-ortho nitro benzene ring substituents is 1. The highest BCUT2D eigenvalue weighted by atomic mass is 16.6. The van der Waals surface area contributed by atoms with Gasteiger partial charge in [-0.3, -0.25) is 14.9 Å². The number of anilines is 1. The number of carbonyl (C=O) groups is 1. The molecule has 36 heavy (non-hydrogen) atoms. The SMILES string of the molecule is CCOC(=O)C1CC=C(c2cc(C)c3nc(C)nc(N[C@H](C)c4cc(C)cc([N+](=O)[O-])c4)c3c2)CC1. The van der Waals surface area contributed by atoms with E-state index in [9.17, 15) is 14.9 Å². The first-order valence-corrected chi connectivity index (χ1v) is 12.3. The number of aryl methyl sites for hydroxylation is 3. The maximum Gasteiger partial charge on any atom is 0.309 e. The molecule has 0 radical (unpaired) electrons. The van der Waals surface area contributed by atoms with Gasteiger partial charge in [0.2, 0.25) is 0 Å². The van der Waals surface area contributed by atoms with Crippen LogP contribution in [0.15, 0.2) is 36.4 Å². The highest BCUT2D eigenvalue weighted by Gasteiger charge is 2.24. The van der Waals surface area contributed by atoms with Crippen molar-refractivity contribution in [2.45, 2.75) is 59.9 Å². The molecule has 8 nitrogen and oxygen atoms in total. The topological polar surface area (TPSA) is 107 Å². The van der Waals surface area contributed by atoms with Crippen LogP contribution in [0.3, 0.4) is 0 Å². The Kier molecular flexibility index (Phi) is 7.33. The van der Waals surface area contributed by atoms with Crippen molar-refractivity contribution in [3.63, 3.8) is 0 Å². The van der Waals surface area contributed by atoms with Crippen LogP contribution in [0.5, 0.6) is 0 Å². The van der Waals surface area contributed by atoms with Crippen LogP contribution >= 0.6 is 0 Å². The van der Waals surface area contributed by atoms with E-state index < -0.39 is 0 Å². The minimum Gasteiger partial charge on any atom is -0.466 e. The number of nitro benzene ring substituents is 1. The molecule has 0 saturated carbocycles. The lowest BCUT2D eigenvalue weighted by Crippen LogP contribution is -2.19. The smallest absolute Gasteiger partial charge is 0.309 e. The Morgan fingerprint density at radius 3 is 2.64 bits per heavy atom. The molecule has 1 N–H and O–H groups in total. The molecule has 1 aliphatic carbocycles. The Labute approximate surface area is 211 Å². The number of rotatable bonds is 7. The number of hydrogen-bond acceptors (Lipinski definition) is 7. The highest BCUT2D eigenvalue weighted by molar-refractivity contribution is 5.94. The van der Waals surface area contributed by atoms with Gasteiger partial charge in [-0.2, -0.15) is 0 Å². The van der Waals surface area contributed by atoms with Gasteiger partial charge in [0.1, 0.15) is 11.6 Å². The van der Waals surface area contributed by atoms with Crippen molar-refractivity contribution in [1.82, 2.24) is 9.97 Å². The number of nitro groups is 1. The summed E-state index contributed by atoms with van der Waals surface area (Å²) < 4.78 is 5.20. The van der Waals surface area contributed by atoms with Crippen LogP contribution in [0.1, 0.15) is 67.2 Å². The molecular weight excluding hydrogens is 456 g/mol. The fourth-order valence-corrected chi connectivity index (χ4v) is 4.82. The molecule has 0 fully saturated rings. The molecule has 0 bridgehead atoms. The molecule has 1 unspecified atom stereocenters. The second kappa shape index (κ2) is 10.4. The fourth-order valence-electron chi connectivity index (χ4n) is 4.82. The van der Waals surface area contributed by atoms with Crippen molar-refractivity contribution in [2.75, 3.05) is 11.9 Å². The predicted octanol–water partition coefficient (Wildman–Crippen LogP) is 6.38. The molecule has 0 aliphatic heterocycles. The quantitative estimate of drug-likeness (QED) is 0.233. The summed E-state index contributed by atoms with van der Waals surface area (Å²) in [6.45, 7) is 9.96. The maximum atomic E-state index is 12.1. The molecule has 2 atom stereocenters. The third-order valence-electron chi connectivity index (χ3n) is 6.65. The zero-order valence-corrected chi connectivity index (χ0v) is 21.4. The molecule has 1 heterocycles. The van der Waals surface area contributed by atoms with Crippen LogP contribution < -0.4 is 5.32 Å². The molecule has 1 aromatic heterocycles. The van der Waals surface area contributed by atoms with E-state index in [2.05, 4.69) is 28.5 Å². The van der Waals surface area contributed by atoms with E-state index >= 15 is 0 Å². The number of aromatic nitrogens is 2. The zero-order valence-electron chi connectivity index (χ0n) is 21.4. The van der Waals surface area contributed by atoms with Crippen LogP contribution in [0.25, 0.3) is 16.5 Å². The minimum absolute atomic E-state index is 0.0749. The molecule has 3 aromatic rings. The monoisotopic (exact) mass is 488 g/mol. The first-order valence-electron chi connectivity index (χ1n) is 12.3. The standard InChI is InChI=1S/C28H32N4O4/c1-6-36-28(33)21-9-7-20(8-10-21)23-13-17(3)26-25(15-23)27(31-19(5)30-26)29-18(4)22-11-16(2)12-24(14-22)32(34)35/h7,11-15,18,21H,6,8-10H2,1-5H3,(H,29,30,31)/t18-,21?/m1/s1. The van der Waals surface area contributed by atoms with Crippen LogP contribution in [-0.2, 0) is 9.53 Å². The summed E-state index contributed by atoms with van der Waals surface area (Å²) in [5.41, 5.74) is 5.94. The lowest BCUT2D eigenvalue weighted by Gasteiger charge is -2.22. The van der Waals surface area contributed by atoms with Crippen molar-refractivity contribution in [3.8, 4) is 0 Å². The summed E-state index contributed by atoms with van der Waals surface area (Å²) in [6, 6.07) is 9.16. The van der Waals surface area contributed by atoms with E-state index in [4.69, 9.17) is 9.72 Å². The van der Waals surface area contributed by atoms with Gasteiger partial charge in [0, 0.05) is 17.5 Å². The van der Waals surface area contributed by atoms with Crippen LogP contribution in [0.4, 0.5) is 11.5 Å². The molecule has 0 saturated heterocycles. The van der Waals surface area contributed by atoms with Gasteiger partial charge in [-0.25, -0.2) is 9.97 Å². The number of allylic oxidation sites excluding steroid dienone is 2. The van der Waals surface area contributed by atoms with Crippen molar-refractivity contribution < 1.29 is 14.5 Å². The van der Waals surface area contributed by atoms with E-state index in [0.29, 0.717) is 24.7 Å². The summed E-state index contributed by atoms with van der Waals surface area (Å²) in [7, 11) is 0. The molecule has 188 valence electrons.